The number of ether oxygens (including phenoxy) is 1. The highest BCUT2D eigenvalue weighted by atomic mass is 16.5. The molecule has 3 aromatic heterocycles. The van der Waals surface area contributed by atoms with Crippen LogP contribution in [0.3, 0.4) is 0 Å². The first-order chi connectivity index (χ1) is 16.5. The molecule has 0 radical (unpaired) electrons. The molecular weight excluding hydrogens is 432 g/mol. The average Bonchev–Trinajstić information content (AvgIpc) is 3.58. The normalized spacial score (nSPS) is 23.6. The molecule has 3 fully saturated rings. The molecule has 5 heterocycles. The molecule has 0 aromatic carbocycles. The van der Waals surface area contributed by atoms with Gasteiger partial charge in [0.2, 0.25) is 11.9 Å². The maximum atomic E-state index is 5.73. The number of nitrogens with two attached hydrogens (primary N) is 1. The Balaban J connectivity index is 1.53. The number of hydrogen-bond donors (Lipinski definition) is 2. The number of nitrogens with one attached hydrogen (secondary N) is 1. The van der Waals surface area contributed by atoms with E-state index in [2.05, 4.69) is 43.5 Å². The molecule has 0 spiro atoms. The Hall–Kier alpha value is -3.05. The van der Waals surface area contributed by atoms with Gasteiger partial charge in [-0.3, -0.25) is 4.57 Å². The minimum absolute atomic E-state index is 0.237. The van der Waals surface area contributed by atoms with Crippen LogP contribution in [0.4, 0.5) is 17.7 Å². The molecule has 2 aliphatic heterocycles. The molecule has 0 amide bonds. The predicted molar refractivity (Wildman–Crippen MR) is 131 cm³/mol. The molecule has 1 aliphatic carbocycles. The molecule has 2 atom stereocenters. The topological polar surface area (TPSA) is 123 Å². The van der Waals surface area contributed by atoms with Gasteiger partial charge in [-0.15, -0.1) is 0 Å². The first-order valence-electron chi connectivity index (χ1n) is 12.2. The maximum Gasteiger partial charge on any atom is 0.219 e. The Bertz CT molecular complexity index is 1160. The molecule has 180 valence electrons. The standard InChI is InChI=1S/C23H32N10O/c1-14-11-32(12-15(2)27-14)23-28-18-20(31-5-7-34-8-6-31)29-19(17-9-25-22(24)26-10-17)30-21(18)33(23)13-16-3-4-16/h9-10,14-16,27H,3-8,11-13H2,1-2H3,(H2,24,25,26)/t14-,15+. The molecule has 3 N–H and O–H groups in total. The summed E-state index contributed by atoms with van der Waals surface area (Å²) >= 11 is 0. The fourth-order valence-electron chi connectivity index (χ4n) is 5.01. The zero-order valence-electron chi connectivity index (χ0n) is 19.8. The van der Waals surface area contributed by atoms with E-state index in [1.54, 1.807) is 12.4 Å². The second kappa shape index (κ2) is 8.62. The van der Waals surface area contributed by atoms with Crippen LogP contribution in [0.5, 0.6) is 0 Å². The Morgan fingerprint density at radius 3 is 2.38 bits per heavy atom. The second-order valence-electron chi connectivity index (χ2n) is 9.81. The number of fused-ring (bicyclic) bond motifs is 1. The molecule has 0 unspecified atom stereocenters. The van der Waals surface area contributed by atoms with E-state index in [1.165, 1.54) is 12.8 Å². The number of piperazine rings is 1. The van der Waals surface area contributed by atoms with Gasteiger partial charge in [0, 0.05) is 57.2 Å². The summed E-state index contributed by atoms with van der Waals surface area (Å²) in [5.74, 6) is 3.36. The summed E-state index contributed by atoms with van der Waals surface area (Å²) in [7, 11) is 0. The summed E-state index contributed by atoms with van der Waals surface area (Å²) in [6.45, 7) is 10.1. The SMILES string of the molecule is C[C@@H]1CN(c2nc3c(N4CCOCC4)nc(-c4cnc(N)nc4)nc3n2CC2CC2)C[C@H](C)N1. The first-order valence-corrected chi connectivity index (χ1v) is 12.2. The summed E-state index contributed by atoms with van der Waals surface area (Å²) in [5, 5.41) is 3.63. The molecule has 3 aliphatic rings. The minimum Gasteiger partial charge on any atom is -0.378 e. The van der Waals surface area contributed by atoms with Crippen molar-refractivity contribution < 1.29 is 4.74 Å². The second-order valence-corrected chi connectivity index (χ2v) is 9.81. The van der Waals surface area contributed by atoms with Crippen LogP contribution in [0.15, 0.2) is 12.4 Å². The zero-order chi connectivity index (χ0) is 23.2. The van der Waals surface area contributed by atoms with E-state index in [-0.39, 0.29) is 5.95 Å². The molecule has 0 bridgehead atoms. The monoisotopic (exact) mass is 464 g/mol. The summed E-state index contributed by atoms with van der Waals surface area (Å²) in [6, 6.07) is 0.787. The highest BCUT2D eigenvalue weighted by molar-refractivity contribution is 5.88. The third-order valence-electron chi connectivity index (χ3n) is 6.77. The van der Waals surface area contributed by atoms with Crippen molar-refractivity contribution in [3.05, 3.63) is 12.4 Å². The molecule has 1 saturated carbocycles. The van der Waals surface area contributed by atoms with E-state index in [9.17, 15) is 0 Å². The van der Waals surface area contributed by atoms with Crippen molar-refractivity contribution in [1.82, 2.24) is 34.8 Å². The largest absolute Gasteiger partial charge is 0.378 e. The Kier molecular flexibility index (Phi) is 5.45. The summed E-state index contributed by atoms with van der Waals surface area (Å²) < 4.78 is 7.93. The fourth-order valence-corrected chi connectivity index (χ4v) is 5.01. The quantitative estimate of drug-likeness (QED) is 0.571. The third kappa shape index (κ3) is 4.14. The molecule has 34 heavy (non-hydrogen) atoms. The van der Waals surface area contributed by atoms with Crippen LogP contribution in [-0.2, 0) is 11.3 Å². The number of nitrogen functional groups attached to an aromatic ring is 1. The Morgan fingerprint density at radius 1 is 1.00 bits per heavy atom. The van der Waals surface area contributed by atoms with E-state index in [1.807, 2.05) is 0 Å². The van der Waals surface area contributed by atoms with Crippen LogP contribution in [0.25, 0.3) is 22.6 Å². The van der Waals surface area contributed by atoms with Crippen molar-refractivity contribution in [2.45, 2.75) is 45.3 Å². The fraction of sp³-hybridized carbons (Fsp3) is 0.609. The van der Waals surface area contributed by atoms with Gasteiger partial charge < -0.3 is 25.6 Å². The lowest BCUT2D eigenvalue weighted by atomic mass is 10.1. The van der Waals surface area contributed by atoms with Gasteiger partial charge in [0.15, 0.2) is 22.8 Å². The number of rotatable bonds is 5. The van der Waals surface area contributed by atoms with Gasteiger partial charge in [-0.2, -0.15) is 0 Å². The van der Waals surface area contributed by atoms with Crippen LogP contribution in [0.1, 0.15) is 26.7 Å². The predicted octanol–water partition coefficient (Wildman–Crippen LogP) is 1.30. The van der Waals surface area contributed by atoms with Crippen LogP contribution >= 0.6 is 0 Å². The van der Waals surface area contributed by atoms with E-state index >= 15 is 0 Å². The number of hydrogen-bond acceptors (Lipinski definition) is 10. The lowest BCUT2D eigenvalue weighted by molar-refractivity contribution is 0.122. The van der Waals surface area contributed by atoms with Gasteiger partial charge in [0.05, 0.1) is 18.8 Å². The van der Waals surface area contributed by atoms with Crippen LogP contribution in [-0.4, -0.2) is 81.0 Å². The number of aromatic nitrogens is 6. The van der Waals surface area contributed by atoms with Crippen molar-refractivity contribution in [1.29, 1.82) is 0 Å². The summed E-state index contributed by atoms with van der Waals surface area (Å²) in [5.41, 5.74) is 8.21. The first kappa shape index (κ1) is 21.5. The smallest absolute Gasteiger partial charge is 0.219 e. The number of morpholine rings is 1. The van der Waals surface area contributed by atoms with Crippen molar-refractivity contribution >= 4 is 28.9 Å². The van der Waals surface area contributed by atoms with E-state index in [0.717, 1.165) is 61.2 Å². The molecule has 11 heteroatoms. The van der Waals surface area contributed by atoms with Gasteiger partial charge in [-0.05, 0) is 32.6 Å². The summed E-state index contributed by atoms with van der Waals surface area (Å²) in [6.07, 6.45) is 5.89. The Labute approximate surface area is 198 Å². The van der Waals surface area contributed by atoms with Gasteiger partial charge in [0.1, 0.15) is 0 Å². The van der Waals surface area contributed by atoms with E-state index in [0.29, 0.717) is 37.0 Å². The van der Waals surface area contributed by atoms with E-state index in [4.69, 9.17) is 25.4 Å². The highest BCUT2D eigenvalue weighted by Gasteiger charge is 2.31. The highest BCUT2D eigenvalue weighted by Crippen LogP contribution is 2.36. The van der Waals surface area contributed by atoms with Crippen LogP contribution in [0.2, 0.25) is 0 Å². The van der Waals surface area contributed by atoms with Crippen molar-refractivity contribution in [3.63, 3.8) is 0 Å². The summed E-state index contributed by atoms with van der Waals surface area (Å²) in [4.78, 5) is 28.2. The number of nitrogens with zero attached hydrogens (tertiary/aromatic N) is 8. The average molecular weight is 465 g/mol. The van der Waals surface area contributed by atoms with Crippen molar-refractivity contribution in [2.24, 2.45) is 5.92 Å². The van der Waals surface area contributed by atoms with E-state index < -0.39 is 0 Å². The third-order valence-corrected chi connectivity index (χ3v) is 6.77. The maximum absolute atomic E-state index is 5.73. The van der Waals surface area contributed by atoms with Crippen LogP contribution < -0.4 is 20.9 Å². The molecule has 11 nitrogen and oxygen atoms in total. The van der Waals surface area contributed by atoms with Crippen molar-refractivity contribution in [3.8, 4) is 11.4 Å². The molecular formula is C23H32N10O. The zero-order valence-corrected chi connectivity index (χ0v) is 19.8. The number of imidazole rings is 1. The van der Waals surface area contributed by atoms with Gasteiger partial charge in [-0.25, -0.2) is 24.9 Å². The molecule has 3 aromatic rings. The minimum atomic E-state index is 0.237. The molecule has 2 saturated heterocycles. The van der Waals surface area contributed by atoms with Crippen LogP contribution in [0, 0.1) is 5.92 Å². The Morgan fingerprint density at radius 2 is 1.71 bits per heavy atom. The van der Waals surface area contributed by atoms with Crippen molar-refractivity contribution in [2.75, 3.05) is 54.9 Å². The number of anilines is 3. The van der Waals surface area contributed by atoms with Gasteiger partial charge in [0.25, 0.3) is 0 Å². The lowest BCUT2D eigenvalue weighted by Crippen LogP contribution is -2.55. The van der Waals surface area contributed by atoms with Gasteiger partial charge in [-0.1, -0.05) is 0 Å². The lowest BCUT2D eigenvalue weighted by Gasteiger charge is -2.36. The van der Waals surface area contributed by atoms with Gasteiger partial charge >= 0.3 is 0 Å². The molecule has 6 rings (SSSR count).